The number of anilines is 1. The quantitative estimate of drug-likeness (QED) is 0.724. The smallest absolute Gasteiger partial charge is 0.248 e. The second-order valence-corrected chi connectivity index (χ2v) is 6.05. The molecule has 0 heterocycles. The molecule has 0 aromatic heterocycles. The van der Waals surface area contributed by atoms with Gasteiger partial charge in [-0.25, -0.2) is 0 Å². The van der Waals surface area contributed by atoms with Crippen molar-refractivity contribution in [1.82, 2.24) is 4.90 Å². The number of primary amides is 1. The van der Waals surface area contributed by atoms with E-state index in [0.717, 1.165) is 12.3 Å². The molecule has 0 unspecified atom stereocenters. The molecule has 0 fully saturated rings. The molecule has 6 heteroatoms. The molecule has 6 nitrogen and oxygen atoms in total. The molecule has 2 aromatic rings. The average molecular weight is 355 g/mol. The van der Waals surface area contributed by atoms with Crippen molar-refractivity contribution in [3.63, 3.8) is 0 Å². The van der Waals surface area contributed by atoms with Crippen molar-refractivity contribution in [2.45, 2.75) is 19.9 Å². The van der Waals surface area contributed by atoms with E-state index in [1.165, 1.54) is 5.56 Å². The van der Waals surface area contributed by atoms with Gasteiger partial charge in [0.25, 0.3) is 0 Å². The van der Waals surface area contributed by atoms with E-state index in [1.807, 2.05) is 38.2 Å². The first kappa shape index (κ1) is 19.5. The molecule has 0 radical (unpaired) electrons. The van der Waals surface area contributed by atoms with Crippen molar-refractivity contribution in [1.29, 1.82) is 0 Å². The number of carbonyl (C=O) groups is 2. The topological polar surface area (TPSA) is 84.7 Å². The zero-order chi connectivity index (χ0) is 18.9. The number of nitrogens with one attached hydrogen (secondary N) is 1. The Balaban J connectivity index is 1.76. The summed E-state index contributed by atoms with van der Waals surface area (Å²) in [7, 11) is 1.98. The van der Waals surface area contributed by atoms with Gasteiger partial charge in [-0.05, 0) is 55.9 Å². The number of carbonyl (C=O) groups excluding carboxylic acids is 2. The molecular weight excluding hydrogens is 330 g/mol. The van der Waals surface area contributed by atoms with Crippen LogP contribution < -0.4 is 15.8 Å². The van der Waals surface area contributed by atoms with Crippen LogP contribution in [0.3, 0.4) is 0 Å². The monoisotopic (exact) mass is 355 g/mol. The molecule has 2 rings (SSSR count). The highest BCUT2D eigenvalue weighted by Gasteiger charge is 2.07. The van der Waals surface area contributed by atoms with Crippen LogP contribution in [0.5, 0.6) is 5.75 Å². The first-order valence-corrected chi connectivity index (χ1v) is 8.58. The first-order valence-electron chi connectivity index (χ1n) is 8.58. The highest BCUT2D eigenvalue weighted by Crippen LogP contribution is 2.14. The third-order valence-electron chi connectivity index (χ3n) is 3.86. The number of ether oxygens (including phenoxy) is 1. The number of amides is 2. The molecule has 0 saturated heterocycles. The maximum Gasteiger partial charge on any atom is 0.248 e. The minimum Gasteiger partial charge on any atom is -0.494 e. The summed E-state index contributed by atoms with van der Waals surface area (Å²) in [5.41, 5.74) is 7.42. The third-order valence-corrected chi connectivity index (χ3v) is 3.86. The van der Waals surface area contributed by atoms with E-state index in [9.17, 15) is 9.59 Å². The van der Waals surface area contributed by atoms with Gasteiger partial charge in [0.1, 0.15) is 5.75 Å². The fourth-order valence-corrected chi connectivity index (χ4v) is 2.48. The number of nitrogens with zero attached hydrogens (tertiary/aromatic N) is 1. The highest BCUT2D eigenvalue weighted by atomic mass is 16.5. The van der Waals surface area contributed by atoms with Crippen LogP contribution in [0.1, 0.15) is 29.3 Å². The van der Waals surface area contributed by atoms with Crippen LogP contribution in [0, 0.1) is 0 Å². The molecule has 26 heavy (non-hydrogen) atoms. The van der Waals surface area contributed by atoms with Crippen molar-refractivity contribution in [2.24, 2.45) is 5.73 Å². The molecule has 0 bridgehead atoms. The molecule has 0 spiro atoms. The minimum atomic E-state index is -0.487. The highest BCUT2D eigenvalue weighted by molar-refractivity contribution is 5.94. The molecule has 0 atom stereocenters. The summed E-state index contributed by atoms with van der Waals surface area (Å²) < 4.78 is 5.43. The molecular formula is C20H25N3O3. The van der Waals surface area contributed by atoms with Crippen molar-refractivity contribution in [3.8, 4) is 5.75 Å². The van der Waals surface area contributed by atoms with Crippen molar-refractivity contribution >= 4 is 17.5 Å². The van der Waals surface area contributed by atoms with E-state index in [2.05, 4.69) is 10.2 Å². The molecule has 0 saturated carbocycles. The minimum absolute atomic E-state index is 0.0737. The third kappa shape index (κ3) is 6.22. The summed E-state index contributed by atoms with van der Waals surface area (Å²) in [6.45, 7) is 4.00. The van der Waals surface area contributed by atoms with Gasteiger partial charge in [-0.1, -0.05) is 12.1 Å². The fourth-order valence-electron chi connectivity index (χ4n) is 2.48. The number of hydrogen-bond donors (Lipinski definition) is 2. The van der Waals surface area contributed by atoms with E-state index >= 15 is 0 Å². The number of hydrogen-bond acceptors (Lipinski definition) is 4. The predicted octanol–water partition coefficient (Wildman–Crippen LogP) is 2.64. The Kier molecular flexibility index (Phi) is 7.17. The van der Waals surface area contributed by atoms with Gasteiger partial charge in [0, 0.05) is 30.8 Å². The number of rotatable bonds is 9. The Labute approximate surface area is 153 Å². The normalized spacial score (nSPS) is 10.6. The lowest BCUT2D eigenvalue weighted by Gasteiger charge is -2.17. The van der Waals surface area contributed by atoms with Crippen LogP contribution >= 0.6 is 0 Å². The lowest BCUT2D eigenvalue weighted by molar-refractivity contribution is -0.116. The Morgan fingerprint density at radius 2 is 1.73 bits per heavy atom. The van der Waals surface area contributed by atoms with Crippen molar-refractivity contribution in [3.05, 3.63) is 59.7 Å². The maximum absolute atomic E-state index is 12.1. The van der Waals surface area contributed by atoms with E-state index in [0.29, 0.717) is 30.8 Å². The molecule has 138 valence electrons. The standard InChI is InChI=1S/C20H25N3O3/c1-3-26-18-10-4-15(5-11-18)14-23(2)13-12-19(24)22-17-8-6-16(7-9-17)20(21)25/h4-11H,3,12-14H2,1-2H3,(H2,21,25)(H,22,24). The lowest BCUT2D eigenvalue weighted by atomic mass is 10.2. The Morgan fingerprint density at radius 3 is 2.31 bits per heavy atom. The number of nitrogens with two attached hydrogens (primary N) is 1. The van der Waals surface area contributed by atoms with Crippen LogP contribution in [0.4, 0.5) is 5.69 Å². The largest absolute Gasteiger partial charge is 0.494 e. The van der Waals surface area contributed by atoms with E-state index in [4.69, 9.17) is 10.5 Å². The van der Waals surface area contributed by atoms with E-state index in [-0.39, 0.29) is 5.91 Å². The molecule has 0 aliphatic rings. The molecule has 0 aliphatic heterocycles. The Hall–Kier alpha value is -2.86. The van der Waals surface area contributed by atoms with Crippen LogP contribution in [0.2, 0.25) is 0 Å². The van der Waals surface area contributed by atoms with Gasteiger partial charge in [0.15, 0.2) is 0 Å². The lowest BCUT2D eigenvalue weighted by Crippen LogP contribution is -2.24. The van der Waals surface area contributed by atoms with Crippen molar-refractivity contribution in [2.75, 3.05) is 25.5 Å². The van der Waals surface area contributed by atoms with Crippen LogP contribution in [-0.4, -0.2) is 36.9 Å². The van der Waals surface area contributed by atoms with Crippen molar-refractivity contribution < 1.29 is 14.3 Å². The zero-order valence-electron chi connectivity index (χ0n) is 15.2. The molecule has 2 aromatic carbocycles. The van der Waals surface area contributed by atoms with Crippen LogP contribution in [0.15, 0.2) is 48.5 Å². The van der Waals surface area contributed by atoms with E-state index < -0.39 is 5.91 Å². The summed E-state index contributed by atoms with van der Waals surface area (Å²) in [6.07, 6.45) is 0.380. The Bertz CT molecular complexity index is 727. The first-order chi connectivity index (χ1) is 12.5. The van der Waals surface area contributed by atoms with E-state index in [1.54, 1.807) is 24.3 Å². The summed E-state index contributed by atoms with van der Waals surface area (Å²) in [5, 5.41) is 2.81. The van der Waals surface area contributed by atoms with Gasteiger partial charge >= 0.3 is 0 Å². The second kappa shape index (κ2) is 9.58. The van der Waals surface area contributed by atoms with Crippen LogP contribution in [0.25, 0.3) is 0 Å². The number of benzene rings is 2. The van der Waals surface area contributed by atoms with Gasteiger partial charge in [-0.3, -0.25) is 9.59 Å². The second-order valence-electron chi connectivity index (χ2n) is 6.05. The predicted molar refractivity (Wildman–Crippen MR) is 102 cm³/mol. The van der Waals surface area contributed by atoms with Gasteiger partial charge in [0.05, 0.1) is 6.61 Å². The molecule has 2 amide bonds. The van der Waals surface area contributed by atoms with Gasteiger partial charge in [-0.15, -0.1) is 0 Å². The molecule has 0 aliphatic carbocycles. The SMILES string of the molecule is CCOc1ccc(CN(C)CCC(=O)Nc2ccc(C(N)=O)cc2)cc1. The van der Waals surface area contributed by atoms with Crippen LogP contribution in [-0.2, 0) is 11.3 Å². The fraction of sp³-hybridized carbons (Fsp3) is 0.300. The summed E-state index contributed by atoms with van der Waals surface area (Å²) in [6, 6.07) is 14.5. The molecule has 3 N–H and O–H groups in total. The zero-order valence-corrected chi connectivity index (χ0v) is 15.2. The van der Waals surface area contributed by atoms with Gasteiger partial charge in [-0.2, -0.15) is 0 Å². The maximum atomic E-state index is 12.1. The summed E-state index contributed by atoms with van der Waals surface area (Å²) >= 11 is 0. The summed E-state index contributed by atoms with van der Waals surface area (Å²) in [4.78, 5) is 25.2. The average Bonchev–Trinajstić information content (AvgIpc) is 2.62. The van der Waals surface area contributed by atoms with Gasteiger partial charge < -0.3 is 20.7 Å². The summed E-state index contributed by atoms with van der Waals surface area (Å²) in [5.74, 6) is 0.301. The Morgan fingerprint density at radius 1 is 1.08 bits per heavy atom. The van der Waals surface area contributed by atoms with Gasteiger partial charge in [0.2, 0.25) is 11.8 Å².